The van der Waals surface area contributed by atoms with E-state index in [1.807, 2.05) is 11.8 Å². The number of nitro groups is 1. The Kier molecular flexibility index (Phi) is 6.17. The zero-order valence-electron chi connectivity index (χ0n) is 17.3. The van der Waals surface area contributed by atoms with Crippen molar-refractivity contribution in [3.05, 3.63) is 62.8 Å². The first kappa shape index (κ1) is 22.9. The Bertz CT molecular complexity index is 1170. The summed E-state index contributed by atoms with van der Waals surface area (Å²) < 4.78 is 44.2. The first-order chi connectivity index (χ1) is 15.6. The molecule has 9 nitrogen and oxygen atoms in total. The molecular weight excluding hydrogens is 463 g/mol. The Labute approximate surface area is 189 Å². The average molecular weight is 481 g/mol. The third-order valence-corrected chi connectivity index (χ3v) is 6.40. The number of aromatic nitrogens is 2. The molecule has 0 radical (unpaired) electrons. The monoisotopic (exact) mass is 481 g/mol. The van der Waals surface area contributed by atoms with Crippen molar-refractivity contribution in [2.24, 2.45) is 0 Å². The lowest BCUT2D eigenvalue weighted by molar-refractivity contribution is -0.380. The molecule has 2 aromatic heterocycles. The predicted octanol–water partition coefficient (Wildman–Crippen LogP) is 4.24. The largest absolute Gasteiger partial charge is 0.416 e. The van der Waals surface area contributed by atoms with Crippen LogP contribution in [0.3, 0.4) is 0 Å². The van der Waals surface area contributed by atoms with Crippen LogP contribution in [-0.2, 0) is 6.18 Å². The number of piperazine rings is 1. The molecule has 4 rings (SSSR count). The molecule has 0 aliphatic carbocycles. The van der Waals surface area contributed by atoms with Crippen molar-refractivity contribution >= 4 is 22.2 Å². The summed E-state index contributed by atoms with van der Waals surface area (Å²) in [5.41, 5.74) is -0.594. The highest BCUT2D eigenvalue weighted by Gasteiger charge is 2.32. The number of hydrogen-bond acceptors (Lipinski definition) is 8. The molecule has 0 bridgehead atoms. The average Bonchev–Trinajstić information content (AvgIpc) is 3.48. The fourth-order valence-electron chi connectivity index (χ4n) is 3.52. The van der Waals surface area contributed by atoms with Crippen molar-refractivity contribution < 1.29 is 27.4 Å². The molecule has 1 aliphatic rings. The quantitative estimate of drug-likeness (QED) is 0.396. The van der Waals surface area contributed by atoms with E-state index in [1.54, 1.807) is 4.90 Å². The van der Waals surface area contributed by atoms with Gasteiger partial charge in [-0.3, -0.25) is 19.8 Å². The Morgan fingerprint density at radius 2 is 1.94 bits per heavy atom. The molecular formula is C20H18F3N5O4S. The van der Waals surface area contributed by atoms with Gasteiger partial charge in [0.05, 0.1) is 21.4 Å². The van der Waals surface area contributed by atoms with Gasteiger partial charge in [-0.05, 0) is 25.1 Å². The first-order valence-corrected chi connectivity index (χ1v) is 10.7. The number of thiophene rings is 1. The Morgan fingerprint density at radius 3 is 2.58 bits per heavy atom. The maximum Gasteiger partial charge on any atom is 0.416 e. The van der Waals surface area contributed by atoms with Crippen LogP contribution in [0.15, 0.2) is 40.9 Å². The SMILES string of the molecule is CC(c1nc(-c2cccc(C(F)(F)F)c2)no1)N1CCN(C(=O)c2ccc([N+](=O)[O-])s2)CC1. The van der Waals surface area contributed by atoms with Crippen molar-refractivity contribution in [2.45, 2.75) is 19.1 Å². The molecule has 1 saturated heterocycles. The van der Waals surface area contributed by atoms with Gasteiger partial charge in [0.2, 0.25) is 11.7 Å². The minimum atomic E-state index is -4.47. The third-order valence-electron chi connectivity index (χ3n) is 5.38. The molecule has 0 saturated carbocycles. The lowest BCUT2D eigenvalue weighted by atomic mass is 10.1. The number of carbonyl (C=O) groups is 1. The van der Waals surface area contributed by atoms with Crippen LogP contribution in [0.25, 0.3) is 11.4 Å². The maximum atomic E-state index is 13.0. The van der Waals surface area contributed by atoms with Gasteiger partial charge < -0.3 is 9.42 Å². The van der Waals surface area contributed by atoms with Crippen molar-refractivity contribution in [3.63, 3.8) is 0 Å². The van der Waals surface area contributed by atoms with E-state index < -0.39 is 16.7 Å². The third kappa shape index (κ3) is 4.88. The van der Waals surface area contributed by atoms with Gasteiger partial charge in [0, 0.05) is 37.8 Å². The molecule has 1 fully saturated rings. The molecule has 3 heterocycles. The Balaban J connectivity index is 1.39. The second-order valence-corrected chi connectivity index (χ2v) is 8.50. The van der Waals surface area contributed by atoms with Crippen LogP contribution < -0.4 is 0 Å². The number of benzene rings is 1. The summed E-state index contributed by atoms with van der Waals surface area (Å²) >= 11 is 0.842. The van der Waals surface area contributed by atoms with E-state index in [-0.39, 0.29) is 34.2 Å². The number of carbonyl (C=O) groups excluding carboxylic acids is 1. The van der Waals surface area contributed by atoms with Crippen LogP contribution in [0, 0.1) is 10.1 Å². The number of nitrogens with zero attached hydrogens (tertiary/aromatic N) is 5. The van der Waals surface area contributed by atoms with Crippen molar-refractivity contribution in [2.75, 3.05) is 26.2 Å². The number of halogens is 3. The van der Waals surface area contributed by atoms with Gasteiger partial charge in [0.25, 0.3) is 5.91 Å². The normalized spacial score (nSPS) is 16.1. The Morgan fingerprint density at radius 1 is 1.21 bits per heavy atom. The minimum Gasteiger partial charge on any atom is -0.337 e. The van der Waals surface area contributed by atoms with Crippen molar-refractivity contribution in [1.29, 1.82) is 0 Å². The molecule has 3 aromatic rings. The number of hydrogen-bond donors (Lipinski definition) is 0. The molecule has 1 aliphatic heterocycles. The van der Waals surface area contributed by atoms with E-state index in [1.165, 1.54) is 24.3 Å². The van der Waals surface area contributed by atoms with Gasteiger partial charge in [-0.1, -0.05) is 28.6 Å². The van der Waals surface area contributed by atoms with Crippen molar-refractivity contribution in [3.8, 4) is 11.4 Å². The first-order valence-electron chi connectivity index (χ1n) is 9.92. The summed E-state index contributed by atoms with van der Waals surface area (Å²) in [7, 11) is 0. The fourth-order valence-corrected chi connectivity index (χ4v) is 4.31. The number of alkyl halides is 3. The van der Waals surface area contributed by atoms with Gasteiger partial charge in [0.15, 0.2) is 0 Å². The van der Waals surface area contributed by atoms with E-state index in [9.17, 15) is 28.1 Å². The molecule has 0 spiro atoms. The van der Waals surface area contributed by atoms with Gasteiger partial charge in [-0.2, -0.15) is 18.2 Å². The molecule has 174 valence electrons. The highest BCUT2D eigenvalue weighted by molar-refractivity contribution is 7.17. The van der Waals surface area contributed by atoms with Crippen LogP contribution in [0.1, 0.15) is 34.1 Å². The molecule has 1 amide bonds. The highest BCUT2D eigenvalue weighted by Crippen LogP contribution is 2.32. The van der Waals surface area contributed by atoms with Gasteiger partial charge in [-0.15, -0.1) is 0 Å². The van der Waals surface area contributed by atoms with Gasteiger partial charge in [0.1, 0.15) is 0 Å². The summed E-state index contributed by atoms with van der Waals surface area (Å²) in [5, 5.41) is 14.6. The van der Waals surface area contributed by atoms with Crippen LogP contribution >= 0.6 is 11.3 Å². The predicted molar refractivity (Wildman–Crippen MR) is 112 cm³/mol. The lowest BCUT2D eigenvalue weighted by Crippen LogP contribution is -2.49. The number of amides is 1. The Hall–Kier alpha value is -3.32. The smallest absolute Gasteiger partial charge is 0.337 e. The van der Waals surface area contributed by atoms with Crippen molar-refractivity contribution in [1.82, 2.24) is 19.9 Å². The standard InChI is InChI=1S/C20H18F3N5O4S/c1-12(18-24-17(25-32-18)13-3-2-4-14(11-13)20(21,22)23)26-7-9-27(10-8-26)19(29)15-5-6-16(33-15)28(30)31/h2-6,11-12H,7-10H2,1H3. The summed E-state index contributed by atoms with van der Waals surface area (Å²) in [4.78, 5) is 31.1. The van der Waals surface area contributed by atoms with Gasteiger partial charge >= 0.3 is 11.2 Å². The van der Waals surface area contributed by atoms with E-state index in [0.29, 0.717) is 31.1 Å². The van der Waals surface area contributed by atoms with Crippen LogP contribution in [-0.4, -0.2) is 56.9 Å². The highest BCUT2D eigenvalue weighted by atomic mass is 32.1. The summed E-state index contributed by atoms with van der Waals surface area (Å²) in [6, 6.07) is 7.17. The lowest BCUT2D eigenvalue weighted by Gasteiger charge is -2.36. The molecule has 13 heteroatoms. The minimum absolute atomic E-state index is 0.0658. The van der Waals surface area contributed by atoms with E-state index in [0.717, 1.165) is 23.5 Å². The number of rotatable bonds is 5. The zero-order valence-corrected chi connectivity index (χ0v) is 18.1. The topological polar surface area (TPSA) is 106 Å². The second-order valence-electron chi connectivity index (χ2n) is 7.43. The van der Waals surface area contributed by atoms with Gasteiger partial charge in [-0.25, -0.2) is 0 Å². The van der Waals surface area contributed by atoms with E-state index in [4.69, 9.17) is 4.52 Å². The summed E-state index contributed by atoms with van der Waals surface area (Å²) in [5.74, 6) is 0.0668. The molecule has 1 unspecified atom stereocenters. The summed E-state index contributed by atoms with van der Waals surface area (Å²) in [6.07, 6.45) is -4.47. The molecule has 1 aromatic carbocycles. The maximum absolute atomic E-state index is 13.0. The van der Waals surface area contributed by atoms with E-state index in [2.05, 4.69) is 10.1 Å². The summed E-state index contributed by atoms with van der Waals surface area (Å²) in [6.45, 7) is 3.65. The molecule has 1 atom stereocenters. The molecule has 0 N–H and O–H groups in total. The van der Waals surface area contributed by atoms with Crippen LogP contribution in [0.4, 0.5) is 18.2 Å². The van der Waals surface area contributed by atoms with E-state index >= 15 is 0 Å². The van der Waals surface area contributed by atoms with Crippen LogP contribution in [0.2, 0.25) is 0 Å². The van der Waals surface area contributed by atoms with Crippen LogP contribution in [0.5, 0.6) is 0 Å². The fraction of sp³-hybridized carbons (Fsp3) is 0.350. The second kappa shape index (κ2) is 8.90. The zero-order chi connectivity index (χ0) is 23.8. The molecule has 33 heavy (non-hydrogen) atoms.